The minimum Gasteiger partial charge on any atom is -0.392 e. The fourth-order valence-electron chi connectivity index (χ4n) is 4.21. The first kappa shape index (κ1) is 18.4. The van der Waals surface area contributed by atoms with Crippen LogP contribution in [0.25, 0.3) is 0 Å². The number of carbonyl (C=O) groups is 1. The standard InChI is InChI=1S/C20H30N2O3/c1-4-25-18-12-17(23)20(18)7-9-22(10-8-20)13-19(24)21-16-11-14(2)5-6-15(16)3/h5-6,11,17-18,23H,4,7-10,12-13H2,1-3H3,(H,21,24). The normalized spacial score (nSPS) is 25.6. The number of benzene rings is 1. The van der Waals surface area contributed by atoms with Crippen LogP contribution < -0.4 is 5.32 Å². The van der Waals surface area contributed by atoms with Crippen molar-refractivity contribution < 1.29 is 14.6 Å². The van der Waals surface area contributed by atoms with Crippen LogP contribution in [0.3, 0.4) is 0 Å². The van der Waals surface area contributed by atoms with Crippen LogP contribution in [0.1, 0.15) is 37.3 Å². The third-order valence-electron chi connectivity index (χ3n) is 5.93. The van der Waals surface area contributed by atoms with Crippen molar-refractivity contribution >= 4 is 11.6 Å². The predicted octanol–water partition coefficient (Wildman–Crippen LogP) is 2.49. The van der Waals surface area contributed by atoms with Crippen LogP contribution in [0.5, 0.6) is 0 Å². The van der Waals surface area contributed by atoms with Gasteiger partial charge in [-0.3, -0.25) is 9.69 Å². The molecule has 1 aromatic carbocycles. The van der Waals surface area contributed by atoms with E-state index in [2.05, 4.69) is 10.2 Å². The Balaban J connectivity index is 1.52. The lowest BCUT2D eigenvalue weighted by Gasteiger charge is -2.56. The summed E-state index contributed by atoms with van der Waals surface area (Å²) in [5, 5.41) is 13.3. The zero-order valence-corrected chi connectivity index (χ0v) is 15.5. The first-order chi connectivity index (χ1) is 11.9. The van der Waals surface area contributed by atoms with Crippen molar-refractivity contribution in [1.82, 2.24) is 4.90 Å². The topological polar surface area (TPSA) is 61.8 Å². The molecule has 5 nitrogen and oxygen atoms in total. The number of piperidine rings is 1. The lowest BCUT2D eigenvalue weighted by atomic mass is 9.58. The van der Waals surface area contributed by atoms with Crippen LogP contribution >= 0.6 is 0 Å². The Kier molecular flexibility index (Phi) is 5.46. The number of nitrogens with one attached hydrogen (secondary N) is 1. The molecule has 2 aliphatic rings. The van der Waals surface area contributed by atoms with Crippen LogP contribution in [0.15, 0.2) is 18.2 Å². The molecule has 1 amide bonds. The SMILES string of the molecule is CCOC1CC(O)C12CCN(CC(=O)Nc1cc(C)ccc1C)CC2. The third kappa shape index (κ3) is 3.73. The van der Waals surface area contributed by atoms with Crippen molar-refractivity contribution in [2.45, 2.75) is 52.2 Å². The van der Waals surface area contributed by atoms with Gasteiger partial charge < -0.3 is 15.2 Å². The fraction of sp³-hybridized carbons (Fsp3) is 0.650. The molecule has 1 aliphatic carbocycles. The van der Waals surface area contributed by atoms with Crippen LogP contribution in [0, 0.1) is 19.3 Å². The van der Waals surface area contributed by atoms with Crippen molar-refractivity contribution in [3.63, 3.8) is 0 Å². The molecule has 0 aromatic heterocycles. The van der Waals surface area contributed by atoms with E-state index in [1.54, 1.807) is 0 Å². The second-order valence-electron chi connectivity index (χ2n) is 7.57. The van der Waals surface area contributed by atoms with Crippen LogP contribution in [-0.2, 0) is 9.53 Å². The quantitative estimate of drug-likeness (QED) is 0.860. The summed E-state index contributed by atoms with van der Waals surface area (Å²) >= 11 is 0. The first-order valence-corrected chi connectivity index (χ1v) is 9.34. The van der Waals surface area contributed by atoms with E-state index in [1.807, 2.05) is 39.0 Å². The second-order valence-corrected chi connectivity index (χ2v) is 7.57. The molecule has 1 heterocycles. The maximum atomic E-state index is 12.4. The van der Waals surface area contributed by atoms with Crippen molar-refractivity contribution in [2.24, 2.45) is 5.41 Å². The van der Waals surface area contributed by atoms with Gasteiger partial charge in [-0.2, -0.15) is 0 Å². The number of aliphatic hydroxyl groups excluding tert-OH is 1. The second kappa shape index (κ2) is 7.44. The molecular formula is C20H30N2O3. The van der Waals surface area contributed by atoms with E-state index in [0.29, 0.717) is 13.2 Å². The number of hydrogen-bond donors (Lipinski definition) is 2. The molecule has 1 saturated heterocycles. The number of rotatable bonds is 5. The largest absolute Gasteiger partial charge is 0.392 e. The highest BCUT2D eigenvalue weighted by Gasteiger charge is 2.55. The Morgan fingerprint density at radius 2 is 2.08 bits per heavy atom. The van der Waals surface area contributed by atoms with Gasteiger partial charge in [0.15, 0.2) is 0 Å². The number of likely N-dealkylation sites (tertiary alicyclic amines) is 1. The molecule has 0 radical (unpaired) electrons. The van der Waals surface area contributed by atoms with Crippen LogP contribution in [0.4, 0.5) is 5.69 Å². The van der Waals surface area contributed by atoms with Crippen molar-refractivity contribution in [1.29, 1.82) is 0 Å². The van der Waals surface area contributed by atoms with Crippen molar-refractivity contribution in [3.05, 3.63) is 29.3 Å². The molecule has 5 heteroatoms. The average molecular weight is 346 g/mol. The number of amides is 1. The summed E-state index contributed by atoms with van der Waals surface area (Å²) in [5.41, 5.74) is 3.02. The van der Waals surface area contributed by atoms with E-state index < -0.39 is 0 Å². The minimum atomic E-state index is -0.255. The Hall–Kier alpha value is -1.43. The van der Waals surface area contributed by atoms with Gasteiger partial charge in [-0.15, -0.1) is 0 Å². The lowest BCUT2D eigenvalue weighted by Crippen LogP contribution is -2.62. The predicted molar refractivity (Wildman–Crippen MR) is 98.7 cm³/mol. The number of carbonyl (C=O) groups excluding carboxylic acids is 1. The maximum Gasteiger partial charge on any atom is 0.238 e. The van der Waals surface area contributed by atoms with E-state index in [4.69, 9.17) is 4.74 Å². The molecule has 1 aromatic rings. The highest BCUT2D eigenvalue weighted by molar-refractivity contribution is 5.93. The first-order valence-electron chi connectivity index (χ1n) is 9.34. The molecule has 2 N–H and O–H groups in total. The lowest BCUT2D eigenvalue weighted by molar-refractivity contribution is -0.209. The highest BCUT2D eigenvalue weighted by atomic mass is 16.5. The molecule has 1 saturated carbocycles. The molecule has 1 aliphatic heterocycles. The Labute approximate surface area is 150 Å². The van der Waals surface area contributed by atoms with Gasteiger partial charge in [-0.25, -0.2) is 0 Å². The Morgan fingerprint density at radius 3 is 2.72 bits per heavy atom. The van der Waals surface area contributed by atoms with Gasteiger partial charge in [-0.1, -0.05) is 12.1 Å². The molecule has 3 rings (SSSR count). The molecule has 1 spiro atoms. The van der Waals surface area contributed by atoms with Crippen LogP contribution in [0.2, 0.25) is 0 Å². The molecule has 25 heavy (non-hydrogen) atoms. The van der Waals surface area contributed by atoms with Gasteiger partial charge in [0, 0.05) is 24.1 Å². The summed E-state index contributed by atoms with van der Waals surface area (Å²) in [7, 11) is 0. The van der Waals surface area contributed by atoms with E-state index >= 15 is 0 Å². The highest BCUT2D eigenvalue weighted by Crippen LogP contribution is 2.50. The number of aliphatic hydroxyl groups is 1. The third-order valence-corrected chi connectivity index (χ3v) is 5.93. The molecule has 2 unspecified atom stereocenters. The maximum absolute atomic E-state index is 12.4. The van der Waals surface area contributed by atoms with Gasteiger partial charge in [0.25, 0.3) is 0 Å². The summed E-state index contributed by atoms with van der Waals surface area (Å²) in [6.45, 7) is 8.80. The molecular weight excluding hydrogens is 316 g/mol. The van der Waals surface area contributed by atoms with E-state index in [9.17, 15) is 9.90 Å². The van der Waals surface area contributed by atoms with Gasteiger partial charge in [-0.05, 0) is 63.9 Å². The van der Waals surface area contributed by atoms with Crippen molar-refractivity contribution in [3.8, 4) is 0 Å². The van der Waals surface area contributed by atoms with Gasteiger partial charge in [0.1, 0.15) is 0 Å². The zero-order valence-electron chi connectivity index (χ0n) is 15.5. The number of hydrogen-bond acceptors (Lipinski definition) is 4. The number of anilines is 1. The minimum absolute atomic E-state index is 0.0279. The number of aryl methyl sites for hydroxylation is 2. The summed E-state index contributed by atoms with van der Waals surface area (Å²) in [4.78, 5) is 14.6. The van der Waals surface area contributed by atoms with Gasteiger partial charge in [0.05, 0.1) is 18.8 Å². The summed E-state index contributed by atoms with van der Waals surface area (Å²) in [5.74, 6) is 0.0279. The molecule has 138 valence electrons. The van der Waals surface area contributed by atoms with Gasteiger partial charge in [0.2, 0.25) is 5.91 Å². The number of nitrogens with zero attached hydrogens (tertiary/aromatic N) is 1. The van der Waals surface area contributed by atoms with E-state index in [0.717, 1.165) is 49.2 Å². The molecule has 0 bridgehead atoms. The summed E-state index contributed by atoms with van der Waals surface area (Å²) < 4.78 is 5.80. The smallest absolute Gasteiger partial charge is 0.238 e. The summed E-state index contributed by atoms with van der Waals surface area (Å²) in [6.07, 6.45) is 2.47. The van der Waals surface area contributed by atoms with E-state index in [1.165, 1.54) is 0 Å². The van der Waals surface area contributed by atoms with Crippen LogP contribution in [-0.4, -0.2) is 54.4 Å². The Bertz CT molecular complexity index is 621. The summed E-state index contributed by atoms with van der Waals surface area (Å²) in [6, 6.07) is 6.09. The number of ether oxygens (including phenoxy) is 1. The van der Waals surface area contributed by atoms with Gasteiger partial charge >= 0.3 is 0 Å². The van der Waals surface area contributed by atoms with Crippen molar-refractivity contribution in [2.75, 3.05) is 31.6 Å². The zero-order chi connectivity index (χ0) is 18.0. The monoisotopic (exact) mass is 346 g/mol. The fourth-order valence-corrected chi connectivity index (χ4v) is 4.21. The Morgan fingerprint density at radius 1 is 1.36 bits per heavy atom. The molecule has 2 atom stereocenters. The molecule has 2 fully saturated rings. The van der Waals surface area contributed by atoms with E-state index in [-0.39, 0.29) is 23.5 Å². The average Bonchev–Trinajstić information content (AvgIpc) is 2.58.